The van der Waals surface area contributed by atoms with E-state index in [2.05, 4.69) is 31.5 Å². The SMILES string of the molecule is CCOc1c(C(=O)Nc2cnoc2)nc(C(C)C(c2cnn(CCN(C)C)c2)c2ccccc2C#N)n(C)c1=O. The number of nitriles is 1. The van der Waals surface area contributed by atoms with Crippen LogP contribution >= 0.6 is 0 Å². The molecule has 40 heavy (non-hydrogen) atoms. The predicted octanol–water partition coefficient (Wildman–Crippen LogP) is 2.98. The van der Waals surface area contributed by atoms with Crippen molar-refractivity contribution in [2.24, 2.45) is 7.05 Å². The van der Waals surface area contributed by atoms with Crippen molar-refractivity contribution in [2.45, 2.75) is 32.2 Å². The minimum Gasteiger partial charge on any atom is -0.486 e. The first kappa shape index (κ1) is 28.3. The van der Waals surface area contributed by atoms with Crippen LogP contribution in [0, 0.1) is 11.3 Å². The van der Waals surface area contributed by atoms with E-state index in [1.54, 1.807) is 26.2 Å². The van der Waals surface area contributed by atoms with Crippen LogP contribution in [0.1, 0.15) is 58.7 Å². The van der Waals surface area contributed by atoms with Crippen LogP contribution in [0.2, 0.25) is 0 Å². The summed E-state index contributed by atoms with van der Waals surface area (Å²) in [5.41, 5.74) is 1.79. The number of nitrogens with one attached hydrogen (secondary N) is 1. The second-order valence-corrected chi connectivity index (χ2v) is 9.62. The van der Waals surface area contributed by atoms with Gasteiger partial charge in [-0.15, -0.1) is 0 Å². The van der Waals surface area contributed by atoms with Crippen molar-refractivity contribution in [2.75, 3.05) is 32.6 Å². The average molecular weight is 545 g/mol. The van der Waals surface area contributed by atoms with Crippen molar-refractivity contribution >= 4 is 11.6 Å². The molecule has 0 radical (unpaired) electrons. The highest BCUT2D eigenvalue weighted by molar-refractivity contribution is 6.04. The van der Waals surface area contributed by atoms with Gasteiger partial charge in [0, 0.05) is 31.6 Å². The second kappa shape index (κ2) is 12.4. The van der Waals surface area contributed by atoms with E-state index >= 15 is 0 Å². The largest absolute Gasteiger partial charge is 0.486 e. The summed E-state index contributed by atoms with van der Waals surface area (Å²) in [6.07, 6.45) is 6.33. The topological polar surface area (TPSA) is 144 Å². The molecule has 2 unspecified atom stereocenters. The molecule has 0 aliphatic rings. The Morgan fingerprint density at radius 2 is 2.05 bits per heavy atom. The number of nitrogens with zero attached hydrogens (tertiary/aromatic N) is 7. The summed E-state index contributed by atoms with van der Waals surface area (Å²) >= 11 is 0. The Morgan fingerprint density at radius 1 is 1.27 bits per heavy atom. The molecule has 12 nitrogen and oxygen atoms in total. The summed E-state index contributed by atoms with van der Waals surface area (Å²) < 4.78 is 13.6. The molecular formula is C28H32N8O4. The Kier molecular flexibility index (Phi) is 8.76. The minimum atomic E-state index is -0.636. The van der Waals surface area contributed by atoms with E-state index in [0.29, 0.717) is 23.6 Å². The van der Waals surface area contributed by atoms with Crippen LogP contribution in [-0.4, -0.2) is 62.5 Å². The van der Waals surface area contributed by atoms with Gasteiger partial charge in [-0.2, -0.15) is 10.4 Å². The number of amides is 1. The Morgan fingerprint density at radius 3 is 2.73 bits per heavy atom. The van der Waals surface area contributed by atoms with Gasteiger partial charge in [-0.1, -0.05) is 30.3 Å². The zero-order valence-corrected chi connectivity index (χ0v) is 23.2. The van der Waals surface area contributed by atoms with Crippen molar-refractivity contribution in [3.05, 3.63) is 87.7 Å². The lowest BCUT2D eigenvalue weighted by atomic mass is 9.80. The number of aromatic nitrogens is 5. The van der Waals surface area contributed by atoms with Gasteiger partial charge in [0.15, 0.2) is 5.69 Å². The maximum absolute atomic E-state index is 13.5. The second-order valence-electron chi connectivity index (χ2n) is 9.62. The number of benzene rings is 1. The van der Waals surface area contributed by atoms with Gasteiger partial charge in [0.25, 0.3) is 11.5 Å². The highest BCUT2D eigenvalue weighted by Gasteiger charge is 2.32. The molecule has 0 spiro atoms. The molecule has 4 rings (SSSR count). The molecule has 0 bridgehead atoms. The zero-order valence-electron chi connectivity index (χ0n) is 23.2. The fourth-order valence-electron chi connectivity index (χ4n) is 4.61. The molecule has 0 aliphatic heterocycles. The van der Waals surface area contributed by atoms with E-state index in [9.17, 15) is 14.9 Å². The van der Waals surface area contributed by atoms with Crippen LogP contribution in [0.15, 0.2) is 58.4 Å². The van der Waals surface area contributed by atoms with Gasteiger partial charge in [-0.3, -0.25) is 18.8 Å². The average Bonchev–Trinajstić information content (AvgIpc) is 3.63. The molecule has 3 heterocycles. The summed E-state index contributed by atoms with van der Waals surface area (Å²) in [4.78, 5) is 33.5. The lowest BCUT2D eigenvalue weighted by molar-refractivity contribution is 0.101. The third-order valence-corrected chi connectivity index (χ3v) is 6.59. The summed E-state index contributed by atoms with van der Waals surface area (Å²) in [6, 6.07) is 9.61. The Balaban J connectivity index is 1.85. The number of carbonyl (C=O) groups excluding carboxylic acids is 1. The molecule has 0 fully saturated rings. The summed E-state index contributed by atoms with van der Waals surface area (Å²) in [6.45, 7) is 5.29. The number of carbonyl (C=O) groups is 1. The van der Waals surface area contributed by atoms with Crippen molar-refractivity contribution in [1.29, 1.82) is 5.26 Å². The molecule has 0 saturated carbocycles. The van der Waals surface area contributed by atoms with Crippen LogP contribution in [0.25, 0.3) is 0 Å². The van der Waals surface area contributed by atoms with Gasteiger partial charge in [-0.25, -0.2) is 4.98 Å². The van der Waals surface area contributed by atoms with Crippen molar-refractivity contribution < 1.29 is 14.1 Å². The van der Waals surface area contributed by atoms with Crippen LogP contribution in [0.5, 0.6) is 5.75 Å². The number of hydrogen-bond acceptors (Lipinski definition) is 9. The third-order valence-electron chi connectivity index (χ3n) is 6.59. The Labute approximate surface area is 231 Å². The van der Waals surface area contributed by atoms with Crippen LogP contribution in [0.3, 0.4) is 0 Å². The number of anilines is 1. The highest BCUT2D eigenvalue weighted by Crippen LogP contribution is 2.39. The molecule has 0 saturated heterocycles. The van der Waals surface area contributed by atoms with Crippen molar-refractivity contribution in [1.82, 2.24) is 29.4 Å². The van der Waals surface area contributed by atoms with E-state index in [0.717, 1.165) is 17.7 Å². The molecule has 4 aromatic rings. The monoisotopic (exact) mass is 544 g/mol. The number of ether oxygens (including phenoxy) is 1. The first-order valence-electron chi connectivity index (χ1n) is 12.9. The number of rotatable bonds is 11. The molecule has 1 aromatic carbocycles. The Hall–Kier alpha value is -4.76. The molecule has 2 atom stereocenters. The lowest BCUT2D eigenvalue weighted by Crippen LogP contribution is -2.31. The quantitative estimate of drug-likeness (QED) is 0.301. The molecular weight excluding hydrogens is 512 g/mol. The summed E-state index contributed by atoms with van der Waals surface area (Å²) in [7, 11) is 5.58. The standard InChI is InChI=1S/C28H32N8O4/c1-6-39-25-24(27(37)32-21-15-31-40-17-21)33-26(35(5)28(25)38)18(2)23(22-10-8-7-9-19(22)13-29)20-14-30-36(16-20)12-11-34(3)4/h7-10,14-18,23H,6,11-12H2,1-5H3,(H,32,37). The molecule has 3 aromatic heterocycles. The van der Waals surface area contributed by atoms with Crippen molar-refractivity contribution in [3.63, 3.8) is 0 Å². The van der Waals surface area contributed by atoms with Crippen LogP contribution < -0.4 is 15.6 Å². The van der Waals surface area contributed by atoms with Crippen LogP contribution in [0.4, 0.5) is 5.69 Å². The van der Waals surface area contributed by atoms with E-state index in [1.807, 2.05) is 50.1 Å². The fraction of sp³-hybridized carbons (Fsp3) is 0.357. The normalized spacial score (nSPS) is 12.6. The molecule has 1 amide bonds. The maximum atomic E-state index is 13.5. The van der Waals surface area contributed by atoms with E-state index in [-0.39, 0.29) is 18.1 Å². The summed E-state index contributed by atoms with van der Waals surface area (Å²) in [5, 5.41) is 20.7. The zero-order chi connectivity index (χ0) is 28.8. The van der Waals surface area contributed by atoms with E-state index in [1.165, 1.54) is 17.0 Å². The van der Waals surface area contributed by atoms with Gasteiger partial charge >= 0.3 is 0 Å². The predicted molar refractivity (Wildman–Crippen MR) is 147 cm³/mol. The smallest absolute Gasteiger partial charge is 0.296 e. The van der Waals surface area contributed by atoms with E-state index in [4.69, 9.17) is 9.26 Å². The Bertz CT molecular complexity index is 1570. The molecule has 0 aliphatic carbocycles. The van der Waals surface area contributed by atoms with Crippen molar-refractivity contribution in [3.8, 4) is 11.8 Å². The highest BCUT2D eigenvalue weighted by atomic mass is 16.5. The number of likely N-dealkylation sites (N-methyl/N-ethyl adjacent to an activating group) is 1. The molecule has 208 valence electrons. The maximum Gasteiger partial charge on any atom is 0.296 e. The van der Waals surface area contributed by atoms with Gasteiger partial charge < -0.3 is 19.5 Å². The number of hydrogen-bond donors (Lipinski definition) is 1. The molecule has 12 heteroatoms. The fourth-order valence-corrected chi connectivity index (χ4v) is 4.61. The van der Waals surface area contributed by atoms with Gasteiger partial charge in [0.2, 0.25) is 5.75 Å². The van der Waals surface area contributed by atoms with Gasteiger partial charge in [0.1, 0.15) is 17.8 Å². The first-order chi connectivity index (χ1) is 19.2. The molecule has 1 N–H and O–H groups in total. The first-order valence-corrected chi connectivity index (χ1v) is 12.9. The minimum absolute atomic E-state index is 0.151. The van der Waals surface area contributed by atoms with E-state index < -0.39 is 23.3 Å². The lowest BCUT2D eigenvalue weighted by Gasteiger charge is -2.26. The summed E-state index contributed by atoms with van der Waals surface area (Å²) in [5.74, 6) is -1.28. The van der Waals surface area contributed by atoms with Gasteiger partial charge in [-0.05, 0) is 38.2 Å². The third kappa shape index (κ3) is 5.94. The van der Waals surface area contributed by atoms with Gasteiger partial charge in [0.05, 0.1) is 37.2 Å². The van der Waals surface area contributed by atoms with Crippen LogP contribution in [-0.2, 0) is 13.6 Å².